The summed E-state index contributed by atoms with van der Waals surface area (Å²) in [5, 5.41) is 9.76. The van der Waals surface area contributed by atoms with E-state index in [4.69, 9.17) is 9.47 Å². The number of aromatic nitrogens is 1. The highest BCUT2D eigenvalue weighted by atomic mass is 16.5. The number of ether oxygens (including phenoxy) is 2. The van der Waals surface area contributed by atoms with Crippen LogP contribution in [0, 0.1) is 19.8 Å². The minimum absolute atomic E-state index is 0.131. The minimum Gasteiger partial charge on any atom is -0.493 e. The molecule has 2 aromatic rings. The summed E-state index contributed by atoms with van der Waals surface area (Å²) in [6.07, 6.45) is 1.54. The average molecular weight is 384 g/mol. The molecule has 0 radical (unpaired) electrons. The van der Waals surface area contributed by atoms with Crippen LogP contribution in [0.3, 0.4) is 0 Å². The first-order chi connectivity index (χ1) is 13.4. The van der Waals surface area contributed by atoms with E-state index in [1.54, 1.807) is 29.3 Å². The Morgan fingerprint density at radius 1 is 1.18 bits per heavy atom. The van der Waals surface area contributed by atoms with Gasteiger partial charge in [-0.25, -0.2) is 0 Å². The van der Waals surface area contributed by atoms with Crippen LogP contribution in [0.15, 0.2) is 30.5 Å². The Morgan fingerprint density at radius 3 is 2.54 bits per heavy atom. The maximum atomic E-state index is 13.0. The lowest BCUT2D eigenvalue weighted by atomic mass is 9.88. The van der Waals surface area contributed by atoms with Crippen molar-refractivity contribution in [2.45, 2.75) is 19.8 Å². The van der Waals surface area contributed by atoms with E-state index in [0.717, 1.165) is 16.8 Å². The number of pyridine rings is 1. The molecular formula is C21H24N2O5. The Bertz CT molecular complexity index is 912. The number of benzene rings is 1. The van der Waals surface area contributed by atoms with Crippen LogP contribution in [0.1, 0.15) is 33.1 Å². The fraction of sp³-hybridized carbons (Fsp3) is 0.381. The zero-order valence-corrected chi connectivity index (χ0v) is 16.4. The number of carbonyl (C=O) groups excluding carboxylic acids is 1. The van der Waals surface area contributed by atoms with Crippen LogP contribution in [-0.2, 0) is 4.79 Å². The van der Waals surface area contributed by atoms with E-state index >= 15 is 0 Å². The Kier molecular flexibility index (Phi) is 5.53. The lowest BCUT2D eigenvalue weighted by molar-refractivity contribution is -0.141. The molecule has 1 fully saturated rings. The third-order valence-corrected chi connectivity index (χ3v) is 5.34. The molecule has 0 aliphatic carbocycles. The molecule has 7 nitrogen and oxygen atoms in total. The lowest BCUT2D eigenvalue weighted by Gasteiger charge is -2.20. The largest absolute Gasteiger partial charge is 0.493 e. The number of carboxylic acids is 1. The number of hydrogen-bond donors (Lipinski definition) is 1. The first-order valence-corrected chi connectivity index (χ1v) is 9.03. The molecule has 148 valence electrons. The summed E-state index contributed by atoms with van der Waals surface area (Å²) < 4.78 is 10.8. The predicted octanol–water partition coefficient (Wildman–Crippen LogP) is 2.66. The molecular weight excluding hydrogens is 360 g/mol. The molecule has 1 aliphatic heterocycles. The van der Waals surface area contributed by atoms with Crippen LogP contribution in [0.4, 0.5) is 0 Å². The van der Waals surface area contributed by atoms with Gasteiger partial charge in [0, 0.05) is 36.5 Å². The highest BCUT2D eigenvalue weighted by molar-refractivity contribution is 5.95. The number of carboxylic acid groups (broad SMARTS) is 1. The van der Waals surface area contributed by atoms with Crippen molar-refractivity contribution in [2.75, 3.05) is 27.3 Å². The number of para-hydroxylation sites is 1. The minimum atomic E-state index is -0.941. The number of carbonyl (C=O) groups is 2. The van der Waals surface area contributed by atoms with E-state index in [1.165, 1.54) is 14.2 Å². The van der Waals surface area contributed by atoms with Gasteiger partial charge < -0.3 is 19.5 Å². The summed E-state index contributed by atoms with van der Waals surface area (Å²) in [5.74, 6) is -1.25. The third-order valence-electron chi connectivity index (χ3n) is 5.34. The Labute approximate surface area is 163 Å². The topological polar surface area (TPSA) is 89.0 Å². The molecule has 2 heterocycles. The van der Waals surface area contributed by atoms with Gasteiger partial charge in [0.2, 0.25) is 0 Å². The number of nitrogens with zero attached hydrogens (tertiary/aromatic N) is 2. The first-order valence-electron chi connectivity index (χ1n) is 9.03. The second-order valence-corrected chi connectivity index (χ2v) is 6.97. The summed E-state index contributed by atoms with van der Waals surface area (Å²) in [7, 11) is 3.06. The average Bonchev–Trinajstić information content (AvgIpc) is 3.14. The quantitative estimate of drug-likeness (QED) is 0.853. The SMILES string of the molecule is COc1cccc([C@H]2CN(C(=O)c3cnc(C)c(C)c3)C[C@@H]2C(=O)O)c1OC. The number of aryl methyl sites for hydroxylation is 2. The predicted molar refractivity (Wildman–Crippen MR) is 103 cm³/mol. The standard InChI is InChI=1S/C21H24N2O5/c1-12-8-14(9-22-13(12)2)20(24)23-10-16(17(11-23)21(25)26)15-6-5-7-18(27-3)19(15)28-4/h5-9,16-17H,10-11H2,1-4H3,(H,25,26)/t16-,17+/m1/s1. The first kappa shape index (κ1) is 19.7. The Balaban J connectivity index is 1.95. The molecule has 2 atom stereocenters. The molecule has 1 N–H and O–H groups in total. The maximum Gasteiger partial charge on any atom is 0.308 e. The summed E-state index contributed by atoms with van der Waals surface area (Å²) >= 11 is 0. The molecule has 0 bridgehead atoms. The van der Waals surface area contributed by atoms with Crippen molar-refractivity contribution in [3.63, 3.8) is 0 Å². The highest BCUT2D eigenvalue weighted by Gasteiger charge is 2.42. The molecule has 1 amide bonds. The Morgan fingerprint density at radius 2 is 1.93 bits per heavy atom. The zero-order valence-electron chi connectivity index (χ0n) is 16.4. The summed E-state index contributed by atoms with van der Waals surface area (Å²) in [6, 6.07) is 7.18. The second-order valence-electron chi connectivity index (χ2n) is 6.97. The van der Waals surface area contributed by atoms with Crippen molar-refractivity contribution < 1.29 is 24.2 Å². The van der Waals surface area contributed by atoms with Crippen molar-refractivity contribution in [2.24, 2.45) is 5.92 Å². The smallest absolute Gasteiger partial charge is 0.308 e. The van der Waals surface area contributed by atoms with E-state index in [-0.39, 0.29) is 19.0 Å². The third kappa shape index (κ3) is 3.52. The van der Waals surface area contributed by atoms with Gasteiger partial charge in [-0.05, 0) is 31.5 Å². The molecule has 0 unspecified atom stereocenters. The van der Waals surface area contributed by atoms with Crippen molar-refractivity contribution in [1.82, 2.24) is 9.88 Å². The van der Waals surface area contributed by atoms with Crippen LogP contribution in [-0.4, -0.2) is 54.2 Å². The van der Waals surface area contributed by atoms with Gasteiger partial charge in [-0.3, -0.25) is 14.6 Å². The van der Waals surface area contributed by atoms with Crippen molar-refractivity contribution in [3.8, 4) is 11.5 Å². The van der Waals surface area contributed by atoms with Crippen molar-refractivity contribution >= 4 is 11.9 Å². The molecule has 7 heteroatoms. The van der Waals surface area contributed by atoms with Crippen LogP contribution >= 0.6 is 0 Å². The van der Waals surface area contributed by atoms with E-state index in [9.17, 15) is 14.7 Å². The molecule has 28 heavy (non-hydrogen) atoms. The molecule has 1 aromatic heterocycles. The van der Waals surface area contributed by atoms with Gasteiger partial charge in [-0.15, -0.1) is 0 Å². The highest BCUT2D eigenvalue weighted by Crippen LogP contribution is 2.42. The van der Waals surface area contributed by atoms with Crippen LogP contribution in [0.2, 0.25) is 0 Å². The van der Waals surface area contributed by atoms with Gasteiger partial charge in [0.25, 0.3) is 5.91 Å². The van der Waals surface area contributed by atoms with Crippen LogP contribution < -0.4 is 9.47 Å². The molecule has 0 spiro atoms. The second kappa shape index (κ2) is 7.88. The molecule has 0 saturated carbocycles. The van der Waals surface area contributed by atoms with Gasteiger partial charge in [-0.2, -0.15) is 0 Å². The van der Waals surface area contributed by atoms with Crippen molar-refractivity contribution in [1.29, 1.82) is 0 Å². The van der Waals surface area contributed by atoms with Gasteiger partial charge >= 0.3 is 5.97 Å². The summed E-state index contributed by atoms with van der Waals surface area (Å²) in [6.45, 7) is 4.19. The van der Waals surface area contributed by atoms with E-state index in [2.05, 4.69) is 4.98 Å². The molecule has 3 rings (SSSR count). The van der Waals surface area contributed by atoms with Gasteiger partial charge in [-0.1, -0.05) is 12.1 Å². The van der Waals surface area contributed by atoms with Gasteiger partial charge in [0.15, 0.2) is 11.5 Å². The number of aliphatic carboxylic acids is 1. The van der Waals surface area contributed by atoms with E-state index < -0.39 is 17.8 Å². The number of methoxy groups -OCH3 is 2. The normalized spacial score (nSPS) is 18.8. The number of amides is 1. The molecule has 1 saturated heterocycles. The van der Waals surface area contributed by atoms with Gasteiger partial charge in [0.05, 0.1) is 25.7 Å². The molecule has 1 aliphatic rings. The van der Waals surface area contributed by atoms with Crippen molar-refractivity contribution in [3.05, 3.63) is 52.8 Å². The maximum absolute atomic E-state index is 13.0. The number of rotatable bonds is 5. The van der Waals surface area contributed by atoms with E-state index in [1.807, 2.05) is 19.9 Å². The molecule has 1 aromatic carbocycles. The van der Waals surface area contributed by atoms with E-state index in [0.29, 0.717) is 17.1 Å². The zero-order chi connectivity index (χ0) is 20.4. The van der Waals surface area contributed by atoms with Gasteiger partial charge in [0.1, 0.15) is 0 Å². The lowest BCUT2D eigenvalue weighted by Crippen LogP contribution is -2.30. The number of hydrogen-bond acceptors (Lipinski definition) is 5. The monoisotopic (exact) mass is 384 g/mol. The fourth-order valence-corrected chi connectivity index (χ4v) is 3.68. The summed E-state index contributed by atoms with van der Waals surface area (Å²) in [5.41, 5.74) is 2.97. The number of likely N-dealkylation sites (tertiary alicyclic amines) is 1. The fourth-order valence-electron chi connectivity index (χ4n) is 3.68. The Hall–Kier alpha value is -3.09. The van der Waals surface area contributed by atoms with Crippen LogP contribution in [0.25, 0.3) is 0 Å². The van der Waals surface area contributed by atoms with Crippen LogP contribution in [0.5, 0.6) is 11.5 Å². The summed E-state index contributed by atoms with van der Waals surface area (Å²) in [4.78, 5) is 30.7.